The molecule has 0 spiro atoms. The van der Waals surface area contributed by atoms with E-state index in [0.29, 0.717) is 58.3 Å². The Morgan fingerprint density at radius 1 is 0.956 bits per heavy atom. The van der Waals surface area contributed by atoms with Gasteiger partial charge in [0.25, 0.3) is 0 Å². The third-order valence-corrected chi connectivity index (χ3v) is 6.24. The smallest absolute Gasteiger partial charge is 0.490 e. The van der Waals surface area contributed by atoms with Gasteiger partial charge in [-0.15, -0.1) is 0 Å². The number of carbonyl (C=O) groups is 3. The van der Waals surface area contributed by atoms with Crippen LogP contribution in [-0.4, -0.2) is 61.2 Å². The molecule has 0 aliphatic carbocycles. The van der Waals surface area contributed by atoms with E-state index in [1.807, 2.05) is 23.5 Å². The highest BCUT2D eigenvalue weighted by Gasteiger charge is 2.38. The minimum atomic E-state index is -5.19. The Morgan fingerprint density at radius 3 is 2.13 bits per heavy atom. The first-order valence-electron chi connectivity index (χ1n) is 13.1. The Hall–Kier alpha value is -4.80. The van der Waals surface area contributed by atoms with Crippen molar-refractivity contribution in [2.24, 2.45) is 0 Å². The van der Waals surface area contributed by atoms with Gasteiger partial charge in [-0.3, -0.25) is 4.79 Å². The third-order valence-electron chi connectivity index (χ3n) is 6.24. The summed E-state index contributed by atoms with van der Waals surface area (Å²) in [4.78, 5) is 43.3. The number of ether oxygens (including phenoxy) is 3. The molecule has 1 aromatic heterocycles. The van der Waals surface area contributed by atoms with Gasteiger partial charge in [-0.05, 0) is 36.8 Å². The largest absolute Gasteiger partial charge is 0.542 e. The number of carboxylic acids is 2. The predicted octanol–water partition coefficient (Wildman–Crippen LogP) is 2.49. The van der Waals surface area contributed by atoms with Crippen LogP contribution in [0.5, 0.6) is 17.2 Å². The number of benzene rings is 2. The lowest BCUT2D eigenvalue weighted by molar-refractivity contribution is -0.658. The zero-order valence-corrected chi connectivity index (χ0v) is 23.3. The molecule has 2 aliphatic heterocycles. The molecule has 0 unspecified atom stereocenters. The lowest BCUT2D eigenvalue weighted by atomic mass is 10.0. The Balaban J connectivity index is 0.000000331. The molecule has 0 saturated carbocycles. The van der Waals surface area contributed by atoms with Gasteiger partial charge >= 0.3 is 24.3 Å². The normalized spacial score (nSPS) is 15.9. The van der Waals surface area contributed by atoms with E-state index in [1.54, 1.807) is 25.1 Å². The second-order valence-corrected chi connectivity index (χ2v) is 9.51. The number of halogens is 6. The number of aryl methyl sites for hydroxylation is 1. The zero-order chi connectivity index (χ0) is 33.5. The number of quaternary nitrogens is 1. The van der Waals surface area contributed by atoms with Gasteiger partial charge in [0.15, 0.2) is 17.5 Å². The van der Waals surface area contributed by atoms with Crippen molar-refractivity contribution in [3.05, 3.63) is 52.4 Å². The molecule has 3 N–H and O–H groups in total. The summed E-state index contributed by atoms with van der Waals surface area (Å²) in [7, 11) is 0. The minimum Gasteiger partial charge on any atom is -0.542 e. The molecular weight excluding hydrogens is 624 g/mol. The van der Waals surface area contributed by atoms with E-state index >= 15 is 0 Å². The van der Waals surface area contributed by atoms with Crippen LogP contribution in [0.1, 0.15) is 25.0 Å². The van der Waals surface area contributed by atoms with E-state index in [1.165, 1.54) is 0 Å². The van der Waals surface area contributed by atoms with Crippen molar-refractivity contribution in [3.63, 3.8) is 0 Å². The van der Waals surface area contributed by atoms with Crippen LogP contribution in [0.4, 0.5) is 26.3 Å². The maximum Gasteiger partial charge on any atom is 0.490 e. The molecular formula is C28H25F6NO10. The third kappa shape index (κ3) is 9.34. The number of fused-ring (bicyclic) bond motifs is 2. The molecule has 11 nitrogen and oxygen atoms in total. The fourth-order valence-corrected chi connectivity index (χ4v) is 4.18. The summed E-state index contributed by atoms with van der Waals surface area (Å²) >= 11 is 0. The van der Waals surface area contributed by atoms with Crippen LogP contribution in [0.3, 0.4) is 0 Å². The second kappa shape index (κ2) is 14.3. The highest BCUT2D eigenvalue weighted by molar-refractivity contribution is 5.85. The first-order valence-corrected chi connectivity index (χ1v) is 13.1. The predicted molar refractivity (Wildman–Crippen MR) is 138 cm³/mol. The van der Waals surface area contributed by atoms with Crippen molar-refractivity contribution in [2.75, 3.05) is 19.8 Å². The maximum atomic E-state index is 13.3. The Morgan fingerprint density at radius 2 is 1.58 bits per heavy atom. The second-order valence-electron chi connectivity index (χ2n) is 9.51. The molecule has 2 aromatic carbocycles. The molecule has 45 heavy (non-hydrogen) atoms. The molecule has 2 aliphatic rings. The first kappa shape index (κ1) is 34.7. The molecule has 1 atom stereocenters. The van der Waals surface area contributed by atoms with Crippen LogP contribution in [-0.2, 0) is 14.4 Å². The van der Waals surface area contributed by atoms with E-state index < -0.39 is 24.3 Å². The van der Waals surface area contributed by atoms with Gasteiger partial charge in [0, 0.05) is 25.3 Å². The highest BCUT2D eigenvalue weighted by Crippen LogP contribution is 2.35. The summed E-state index contributed by atoms with van der Waals surface area (Å²) in [5.41, 5.74) is 1.44. The van der Waals surface area contributed by atoms with Gasteiger partial charge in [0.05, 0.1) is 30.7 Å². The van der Waals surface area contributed by atoms with E-state index in [4.69, 9.17) is 38.4 Å². The summed E-state index contributed by atoms with van der Waals surface area (Å²) in [6.45, 7) is 3.87. The van der Waals surface area contributed by atoms with Gasteiger partial charge in [-0.1, -0.05) is 6.07 Å². The van der Waals surface area contributed by atoms with Crippen LogP contribution in [0.15, 0.2) is 45.6 Å². The number of carboxylic acid groups (broad SMARTS) is 2. The number of esters is 1. The van der Waals surface area contributed by atoms with Gasteiger partial charge in [0.1, 0.15) is 23.1 Å². The number of rotatable bonds is 3. The topological polar surface area (TPSA) is 169 Å². The summed E-state index contributed by atoms with van der Waals surface area (Å²) in [5, 5.41) is 18.3. The summed E-state index contributed by atoms with van der Waals surface area (Å²) in [6, 6.07) is 10.2. The zero-order valence-electron chi connectivity index (χ0n) is 23.3. The van der Waals surface area contributed by atoms with Crippen molar-refractivity contribution in [1.82, 2.24) is 0 Å². The molecule has 17 heteroatoms. The van der Waals surface area contributed by atoms with Crippen LogP contribution in [0.2, 0.25) is 0 Å². The van der Waals surface area contributed by atoms with Crippen LogP contribution in [0, 0.1) is 6.92 Å². The Labute approximate surface area is 249 Å². The Kier molecular flexibility index (Phi) is 11.0. The van der Waals surface area contributed by atoms with Gasteiger partial charge in [-0.25, -0.2) is 9.59 Å². The van der Waals surface area contributed by atoms with Crippen LogP contribution >= 0.6 is 0 Å². The molecule has 0 bridgehead atoms. The monoisotopic (exact) mass is 649 g/mol. The van der Waals surface area contributed by atoms with E-state index in [0.717, 1.165) is 25.8 Å². The minimum absolute atomic E-state index is 0.143. The molecule has 244 valence electrons. The fourth-order valence-electron chi connectivity index (χ4n) is 4.18. The lowest BCUT2D eigenvalue weighted by Crippen LogP contribution is -2.88. The molecule has 3 heterocycles. The molecule has 0 radical (unpaired) electrons. The van der Waals surface area contributed by atoms with Crippen molar-refractivity contribution in [1.29, 1.82) is 0 Å². The highest BCUT2D eigenvalue weighted by atomic mass is 19.4. The van der Waals surface area contributed by atoms with Gasteiger partial charge in [0.2, 0.25) is 5.43 Å². The van der Waals surface area contributed by atoms with Crippen molar-refractivity contribution >= 4 is 28.9 Å². The van der Waals surface area contributed by atoms with Gasteiger partial charge in [-0.2, -0.15) is 26.3 Å². The summed E-state index contributed by atoms with van der Waals surface area (Å²) in [6.07, 6.45) is -7.64. The number of aliphatic carboxylic acids is 2. The maximum absolute atomic E-state index is 13.3. The summed E-state index contributed by atoms with van der Waals surface area (Å²) in [5.74, 6) is -3.86. The number of hydrogen-bond acceptors (Lipinski definition) is 9. The lowest BCUT2D eigenvalue weighted by Gasteiger charge is -2.12. The fraction of sp³-hybridized carbons (Fsp3) is 0.357. The molecule has 1 saturated heterocycles. The van der Waals surface area contributed by atoms with E-state index in [2.05, 4.69) is 0 Å². The van der Waals surface area contributed by atoms with Gasteiger partial charge < -0.3 is 39.0 Å². The quantitative estimate of drug-likeness (QED) is 0.244. The number of nitrogens with two attached hydrogens (primary N) is 1. The average molecular weight is 649 g/mol. The standard InChI is InChI=1S/C24H23NO6.2C2HF3O2/c1-14-22(15-5-8-19-21(12-15)29-11-3-10-28-19)23(26)17-7-6-16(13-20(17)30-14)31-24(27)18-4-2-9-25-18;2*3-2(4,5)1(6)7/h5-8,12-13,18,25H,2-4,9-11H2,1H3;2*(H,6,7)/t18-;;/m0../s1. The van der Waals surface area contributed by atoms with Crippen molar-refractivity contribution in [3.8, 4) is 28.4 Å². The number of hydrogen-bond donors (Lipinski definition) is 2. The molecule has 3 aromatic rings. The Bertz CT molecular complexity index is 1590. The van der Waals surface area contributed by atoms with E-state index in [9.17, 15) is 35.9 Å². The van der Waals surface area contributed by atoms with Crippen molar-refractivity contribution < 1.29 is 74.9 Å². The SMILES string of the molecule is Cc1oc2cc(OC(=O)[C@@H]3CCC[NH2+]3)ccc2c(=O)c1-c1ccc2c(c1)OCCCO2.O=C(O)C(F)(F)F.O=C([O-])C(F)(F)F. The average Bonchev–Trinajstić information content (AvgIpc) is 3.39. The van der Waals surface area contributed by atoms with Crippen molar-refractivity contribution in [2.45, 2.75) is 44.6 Å². The molecule has 0 amide bonds. The molecule has 1 fully saturated rings. The number of alkyl halides is 6. The number of carbonyl (C=O) groups excluding carboxylic acids is 2. The van der Waals surface area contributed by atoms with E-state index in [-0.39, 0.29) is 17.4 Å². The van der Waals surface area contributed by atoms with Crippen LogP contribution in [0.25, 0.3) is 22.1 Å². The molecule has 5 rings (SSSR count). The van der Waals surface area contributed by atoms with Crippen LogP contribution < -0.4 is 30.1 Å². The first-order chi connectivity index (χ1) is 21.0. The summed E-state index contributed by atoms with van der Waals surface area (Å²) < 4.78 is 86.2.